The summed E-state index contributed by atoms with van der Waals surface area (Å²) in [5.41, 5.74) is 0.977. The molecule has 1 heterocycles. The lowest BCUT2D eigenvalue weighted by atomic mass is 9.96. The number of rotatable bonds is 5. The number of anilines is 1. The minimum atomic E-state index is -0.511. The van der Waals surface area contributed by atoms with Gasteiger partial charge in [-0.2, -0.15) is 5.10 Å². The van der Waals surface area contributed by atoms with Crippen LogP contribution >= 0.6 is 0 Å². The van der Waals surface area contributed by atoms with Crippen molar-refractivity contribution in [3.63, 3.8) is 0 Å². The summed E-state index contributed by atoms with van der Waals surface area (Å²) in [5.74, 6) is -0.203. The van der Waals surface area contributed by atoms with Gasteiger partial charge in [0.2, 0.25) is 0 Å². The Bertz CT molecular complexity index is 751. The lowest BCUT2D eigenvalue weighted by Crippen LogP contribution is -2.39. The number of hydrogen-bond acceptors (Lipinski definition) is 4. The summed E-state index contributed by atoms with van der Waals surface area (Å²) >= 11 is 0. The Hall–Kier alpha value is -2.83. The van der Waals surface area contributed by atoms with Gasteiger partial charge in [0.25, 0.3) is 0 Å². The number of carbonyl (C=O) groups is 2. The molecule has 0 spiro atoms. The molecule has 0 radical (unpaired) electrons. The van der Waals surface area contributed by atoms with E-state index in [1.54, 1.807) is 6.92 Å². The second kappa shape index (κ2) is 8.51. The van der Waals surface area contributed by atoms with Crippen molar-refractivity contribution in [1.29, 1.82) is 0 Å². The first-order valence-electron chi connectivity index (χ1n) is 9.07. The van der Waals surface area contributed by atoms with Crippen LogP contribution in [-0.2, 0) is 4.74 Å². The monoisotopic (exact) mass is 356 g/mol. The average molecular weight is 356 g/mol. The van der Waals surface area contributed by atoms with E-state index in [-0.39, 0.29) is 24.2 Å². The number of ether oxygens (including phenoxy) is 1. The van der Waals surface area contributed by atoms with Crippen molar-refractivity contribution in [3.05, 3.63) is 42.1 Å². The smallest absolute Gasteiger partial charge is 0.343 e. The highest BCUT2D eigenvalue weighted by Gasteiger charge is 2.23. The van der Waals surface area contributed by atoms with Crippen LogP contribution in [0.15, 0.2) is 36.5 Å². The molecule has 3 rings (SSSR count). The molecule has 1 aliphatic carbocycles. The van der Waals surface area contributed by atoms with Crippen LogP contribution in [0.25, 0.3) is 5.69 Å². The van der Waals surface area contributed by atoms with Crippen molar-refractivity contribution < 1.29 is 14.3 Å². The van der Waals surface area contributed by atoms with Crippen molar-refractivity contribution >= 4 is 17.8 Å². The Morgan fingerprint density at radius 1 is 1.19 bits per heavy atom. The SMILES string of the molecule is CCOC(=O)c1cnn(-c2ccccc2)c1NC(=O)NC1CCCCC1. The number of esters is 1. The van der Waals surface area contributed by atoms with Crippen LogP contribution in [0, 0.1) is 0 Å². The molecule has 1 fully saturated rings. The van der Waals surface area contributed by atoms with Crippen molar-refractivity contribution in [2.24, 2.45) is 0 Å². The first-order valence-corrected chi connectivity index (χ1v) is 9.07. The molecule has 0 atom stereocenters. The fraction of sp³-hybridized carbons (Fsp3) is 0.421. The Morgan fingerprint density at radius 2 is 1.92 bits per heavy atom. The van der Waals surface area contributed by atoms with Crippen molar-refractivity contribution in [1.82, 2.24) is 15.1 Å². The van der Waals surface area contributed by atoms with Crippen LogP contribution in [0.3, 0.4) is 0 Å². The van der Waals surface area contributed by atoms with Gasteiger partial charge in [0.05, 0.1) is 18.5 Å². The Labute approximate surface area is 152 Å². The Morgan fingerprint density at radius 3 is 2.62 bits per heavy atom. The van der Waals surface area contributed by atoms with Gasteiger partial charge in [0, 0.05) is 6.04 Å². The first kappa shape index (κ1) is 18.0. The van der Waals surface area contributed by atoms with Crippen molar-refractivity contribution in [2.45, 2.75) is 45.1 Å². The molecule has 1 aromatic heterocycles. The standard InChI is InChI=1S/C19H24N4O3/c1-2-26-18(24)16-13-20-23(15-11-7-4-8-12-15)17(16)22-19(25)21-14-9-5-3-6-10-14/h4,7-8,11-14H,2-3,5-6,9-10H2,1H3,(H2,21,22,25). The molecule has 7 heteroatoms. The molecule has 0 unspecified atom stereocenters. The largest absolute Gasteiger partial charge is 0.462 e. The first-order chi connectivity index (χ1) is 12.7. The molecule has 1 aliphatic rings. The van der Waals surface area contributed by atoms with Crippen LogP contribution in [0.5, 0.6) is 0 Å². The molecule has 7 nitrogen and oxygen atoms in total. The summed E-state index contributed by atoms with van der Waals surface area (Å²) in [4.78, 5) is 24.7. The van der Waals surface area contributed by atoms with Gasteiger partial charge in [-0.3, -0.25) is 5.32 Å². The van der Waals surface area contributed by atoms with Crippen LogP contribution in [-0.4, -0.2) is 34.4 Å². The van der Waals surface area contributed by atoms with Crippen LogP contribution < -0.4 is 10.6 Å². The molecule has 2 amide bonds. The van der Waals surface area contributed by atoms with Gasteiger partial charge in [-0.1, -0.05) is 37.5 Å². The van der Waals surface area contributed by atoms with Crippen LogP contribution in [0.4, 0.5) is 10.6 Å². The van der Waals surface area contributed by atoms with E-state index in [2.05, 4.69) is 15.7 Å². The van der Waals surface area contributed by atoms with E-state index < -0.39 is 5.97 Å². The van der Waals surface area contributed by atoms with E-state index >= 15 is 0 Å². The number of aromatic nitrogens is 2. The minimum Gasteiger partial charge on any atom is -0.462 e. The molecule has 0 bridgehead atoms. The van der Waals surface area contributed by atoms with E-state index in [0.29, 0.717) is 5.82 Å². The maximum absolute atomic E-state index is 12.5. The fourth-order valence-electron chi connectivity index (χ4n) is 3.17. The minimum absolute atomic E-state index is 0.169. The quantitative estimate of drug-likeness (QED) is 0.803. The number of nitrogens with one attached hydrogen (secondary N) is 2. The summed E-state index contributed by atoms with van der Waals surface area (Å²) in [5, 5.41) is 10.0. The number of para-hydroxylation sites is 1. The zero-order chi connectivity index (χ0) is 18.4. The molecule has 0 aliphatic heterocycles. The second-order valence-corrected chi connectivity index (χ2v) is 6.31. The van der Waals surface area contributed by atoms with Gasteiger partial charge in [0.15, 0.2) is 5.82 Å². The van der Waals surface area contributed by atoms with Gasteiger partial charge in [-0.15, -0.1) is 0 Å². The average Bonchev–Trinajstić information content (AvgIpc) is 3.07. The second-order valence-electron chi connectivity index (χ2n) is 6.31. The van der Waals surface area contributed by atoms with Gasteiger partial charge in [-0.25, -0.2) is 14.3 Å². The van der Waals surface area contributed by atoms with Gasteiger partial charge < -0.3 is 10.1 Å². The Kier molecular flexibility index (Phi) is 5.88. The summed E-state index contributed by atoms with van der Waals surface area (Å²) in [6.07, 6.45) is 6.85. The highest BCUT2D eigenvalue weighted by Crippen LogP contribution is 2.22. The molecular formula is C19H24N4O3. The zero-order valence-electron chi connectivity index (χ0n) is 14.9. The molecule has 1 aromatic carbocycles. The molecule has 138 valence electrons. The van der Waals surface area contributed by atoms with E-state index in [0.717, 1.165) is 31.4 Å². The number of amides is 2. The highest BCUT2D eigenvalue weighted by molar-refractivity contribution is 6.00. The fourth-order valence-corrected chi connectivity index (χ4v) is 3.17. The molecule has 26 heavy (non-hydrogen) atoms. The van der Waals surface area contributed by atoms with Crippen LogP contribution in [0.2, 0.25) is 0 Å². The van der Waals surface area contributed by atoms with Crippen LogP contribution in [0.1, 0.15) is 49.4 Å². The Balaban J connectivity index is 1.83. The summed E-state index contributed by atoms with van der Waals surface area (Å²) in [6.45, 7) is 1.99. The summed E-state index contributed by atoms with van der Waals surface area (Å²) < 4.78 is 6.62. The summed E-state index contributed by atoms with van der Waals surface area (Å²) in [6, 6.07) is 9.17. The third-order valence-electron chi connectivity index (χ3n) is 4.44. The molecule has 1 saturated carbocycles. The summed E-state index contributed by atoms with van der Waals surface area (Å²) in [7, 11) is 0. The predicted molar refractivity (Wildman–Crippen MR) is 98.5 cm³/mol. The normalized spacial score (nSPS) is 14.7. The topological polar surface area (TPSA) is 85.2 Å². The maximum atomic E-state index is 12.5. The number of urea groups is 1. The van der Waals surface area contributed by atoms with Crippen molar-refractivity contribution in [3.8, 4) is 5.69 Å². The predicted octanol–water partition coefficient (Wildman–Crippen LogP) is 3.50. The lowest BCUT2D eigenvalue weighted by molar-refractivity contribution is 0.0527. The zero-order valence-corrected chi connectivity index (χ0v) is 14.9. The lowest BCUT2D eigenvalue weighted by Gasteiger charge is -2.23. The van der Waals surface area contributed by atoms with E-state index in [1.807, 2.05) is 30.3 Å². The van der Waals surface area contributed by atoms with Gasteiger partial charge in [-0.05, 0) is 31.9 Å². The van der Waals surface area contributed by atoms with E-state index in [1.165, 1.54) is 17.3 Å². The van der Waals surface area contributed by atoms with Gasteiger partial charge in [0.1, 0.15) is 5.56 Å². The number of carbonyl (C=O) groups excluding carboxylic acids is 2. The number of benzene rings is 1. The van der Waals surface area contributed by atoms with Crippen molar-refractivity contribution in [2.75, 3.05) is 11.9 Å². The molecule has 2 N–H and O–H groups in total. The maximum Gasteiger partial charge on any atom is 0.343 e. The third kappa shape index (κ3) is 4.22. The van der Waals surface area contributed by atoms with Gasteiger partial charge >= 0.3 is 12.0 Å². The number of nitrogens with zero attached hydrogens (tertiary/aromatic N) is 2. The molecule has 0 saturated heterocycles. The van der Waals surface area contributed by atoms with E-state index in [9.17, 15) is 9.59 Å². The highest BCUT2D eigenvalue weighted by atomic mass is 16.5. The number of hydrogen-bond donors (Lipinski definition) is 2. The van der Waals surface area contributed by atoms with E-state index in [4.69, 9.17) is 4.74 Å². The molecular weight excluding hydrogens is 332 g/mol. The molecule has 2 aromatic rings. The third-order valence-corrected chi connectivity index (χ3v) is 4.44.